The molecule has 1 fully saturated rings. The average Bonchev–Trinajstić information content (AvgIpc) is 2.50. The lowest BCUT2D eigenvalue weighted by atomic mass is 9.90. The fraction of sp³-hybridized carbons (Fsp3) is 0.500. The number of anilines is 1. The third kappa shape index (κ3) is 5.56. The molecule has 1 heterocycles. The van der Waals surface area contributed by atoms with Crippen LogP contribution in [0.1, 0.15) is 24.5 Å². The van der Waals surface area contributed by atoms with Crippen LogP contribution >= 0.6 is 0 Å². The number of nitrogens with one attached hydrogen (secondary N) is 2. The molecule has 1 aromatic rings. The van der Waals surface area contributed by atoms with Crippen LogP contribution < -0.4 is 10.6 Å². The molecular weight excluding hydrogens is 322 g/mol. The van der Waals surface area contributed by atoms with Gasteiger partial charge in [-0.15, -0.1) is 0 Å². The first-order valence-electron chi connectivity index (χ1n) is 8.38. The number of carboxylic acids is 1. The number of amides is 3. The number of imide groups is 1. The van der Waals surface area contributed by atoms with Crippen LogP contribution in [0, 0.1) is 25.7 Å². The van der Waals surface area contributed by atoms with E-state index in [2.05, 4.69) is 10.6 Å². The van der Waals surface area contributed by atoms with Gasteiger partial charge in [0.1, 0.15) is 0 Å². The van der Waals surface area contributed by atoms with Crippen molar-refractivity contribution in [1.82, 2.24) is 10.2 Å². The van der Waals surface area contributed by atoms with Gasteiger partial charge in [0, 0.05) is 18.8 Å². The van der Waals surface area contributed by atoms with Crippen LogP contribution in [0.2, 0.25) is 0 Å². The summed E-state index contributed by atoms with van der Waals surface area (Å²) < 4.78 is 0. The molecular formula is C18H25N3O4. The van der Waals surface area contributed by atoms with Gasteiger partial charge in [0.25, 0.3) is 0 Å². The van der Waals surface area contributed by atoms with Crippen LogP contribution in [-0.4, -0.2) is 47.5 Å². The van der Waals surface area contributed by atoms with Gasteiger partial charge in [-0.3, -0.25) is 19.8 Å². The highest BCUT2D eigenvalue weighted by atomic mass is 16.4. The number of aryl methyl sites for hydroxylation is 2. The Hall–Kier alpha value is -2.41. The minimum absolute atomic E-state index is 0.00840. The van der Waals surface area contributed by atoms with Crippen LogP contribution in [0.5, 0.6) is 0 Å². The number of rotatable bonds is 4. The Balaban J connectivity index is 1.85. The van der Waals surface area contributed by atoms with E-state index in [0.717, 1.165) is 11.1 Å². The van der Waals surface area contributed by atoms with E-state index in [9.17, 15) is 14.4 Å². The molecule has 7 heteroatoms. The van der Waals surface area contributed by atoms with E-state index in [1.54, 1.807) is 11.0 Å². The minimum Gasteiger partial charge on any atom is -0.481 e. The molecule has 7 nitrogen and oxygen atoms in total. The molecule has 136 valence electrons. The number of hydrogen-bond acceptors (Lipinski definition) is 4. The van der Waals surface area contributed by atoms with Gasteiger partial charge in [-0.1, -0.05) is 13.0 Å². The molecule has 0 bridgehead atoms. The van der Waals surface area contributed by atoms with Crippen LogP contribution in [0.15, 0.2) is 18.2 Å². The highest BCUT2D eigenvalue weighted by Gasteiger charge is 2.30. The summed E-state index contributed by atoms with van der Waals surface area (Å²) in [5, 5.41) is 14.1. The van der Waals surface area contributed by atoms with Crippen molar-refractivity contribution in [3.8, 4) is 0 Å². The lowest BCUT2D eigenvalue weighted by Crippen LogP contribution is -2.48. The molecule has 1 aliphatic rings. The third-order valence-electron chi connectivity index (χ3n) is 4.47. The first kappa shape index (κ1) is 18.9. The number of benzene rings is 1. The van der Waals surface area contributed by atoms with Crippen LogP contribution in [0.25, 0.3) is 0 Å². The Labute approximate surface area is 147 Å². The molecule has 0 aromatic heterocycles. The van der Waals surface area contributed by atoms with Gasteiger partial charge in [0.15, 0.2) is 0 Å². The highest BCUT2D eigenvalue weighted by Crippen LogP contribution is 2.21. The number of piperidine rings is 1. The molecule has 1 aromatic carbocycles. The van der Waals surface area contributed by atoms with Crippen molar-refractivity contribution in [2.75, 3.05) is 25.0 Å². The van der Waals surface area contributed by atoms with Crippen molar-refractivity contribution in [2.24, 2.45) is 11.8 Å². The quantitative estimate of drug-likeness (QED) is 0.774. The van der Waals surface area contributed by atoms with Crippen molar-refractivity contribution in [3.63, 3.8) is 0 Å². The number of nitrogens with zero attached hydrogens (tertiary/aromatic N) is 1. The molecule has 2 unspecified atom stereocenters. The summed E-state index contributed by atoms with van der Waals surface area (Å²) in [6, 6.07) is 4.92. The standard InChI is InChI=1S/C18H25N3O4/c1-11-6-14(17(23)24)9-21(8-11)10-16(22)20-18(25)19-15-5-4-12(2)13(3)7-15/h4-5,7,11,14H,6,8-10H2,1-3H3,(H,23,24)(H2,19,20,22,25). The van der Waals surface area contributed by atoms with E-state index in [0.29, 0.717) is 25.2 Å². The maximum absolute atomic E-state index is 12.1. The zero-order chi connectivity index (χ0) is 18.6. The maximum atomic E-state index is 12.1. The molecule has 0 spiro atoms. The number of carbonyl (C=O) groups excluding carboxylic acids is 2. The summed E-state index contributed by atoms with van der Waals surface area (Å²) in [5.74, 6) is -1.56. The minimum atomic E-state index is -0.843. The van der Waals surface area contributed by atoms with Crippen LogP contribution in [-0.2, 0) is 9.59 Å². The van der Waals surface area contributed by atoms with Gasteiger partial charge in [0.2, 0.25) is 5.91 Å². The smallest absolute Gasteiger partial charge is 0.325 e. The summed E-state index contributed by atoms with van der Waals surface area (Å²) in [6.07, 6.45) is 0.612. The van der Waals surface area contributed by atoms with Crippen LogP contribution in [0.4, 0.5) is 10.5 Å². The van der Waals surface area contributed by atoms with Crippen molar-refractivity contribution in [2.45, 2.75) is 27.2 Å². The second kappa shape index (κ2) is 8.11. The Bertz CT molecular complexity index is 674. The second-order valence-electron chi connectivity index (χ2n) is 6.87. The third-order valence-corrected chi connectivity index (χ3v) is 4.47. The zero-order valence-electron chi connectivity index (χ0n) is 14.8. The van der Waals surface area contributed by atoms with E-state index in [1.807, 2.05) is 32.9 Å². The molecule has 3 N–H and O–H groups in total. The molecule has 2 atom stereocenters. The largest absolute Gasteiger partial charge is 0.481 e. The topological polar surface area (TPSA) is 98.7 Å². The molecule has 1 saturated heterocycles. The second-order valence-corrected chi connectivity index (χ2v) is 6.87. The van der Waals surface area contributed by atoms with Crippen molar-refractivity contribution >= 4 is 23.6 Å². The Morgan fingerprint density at radius 3 is 2.56 bits per heavy atom. The summed E-state index contributed by atoms with van der Waals surface area (Å²) in [7, 11) is 0. The molecule has 0 saturated carbocycles. The summed E-state index contributed by atoms with van der Waals surface area (Å²) in [6.45, 7) is 6.87. The summed E-state index contributed by atoms with van der Waals surface area (Å²) in [4.78, 5) is 37.0. The molecule has 0 radical (unpaired) electrons. The lowest BCUT2D eigenvalue weighted by Gasteiger charge is -2.33. The van der Waals surface area contributed by atoms with Gasteiger partial charge in [-0.25, -0.2) is 4.79 Å². The molecule has 0 aliphatic carbocycles. The number of aliphatic carboxylic acids is 1. The fourth-order valence-corrected chi connectivity index (χ4v) is 3.12. The summed E-state index contributed by atoms with van der Waals surface area (Å²) >= 11 is 0. The van der Waals surface area contributed by atoms with Gasteiger partial charge in [0.05, 0.1) is 12.5 Å². The van der Waals surface area contributed by atoms with Crippen molar-refractivity contribution in [1.29, 1.82) is 0 Å². The first-order chi connectivity index (χ1) is 11.7. The Morgan fingerprint density at radius 2 is 1.92 bits per heavy atom. The number of urea groups is 1. The van der Waals surface area contributed by atoms with Crippen molar-refractivity contribution < 1.29 is 19.5 Å². The average molecular weight is 347 g/mol. The number of likely N-dealkylation sites (tertiary alicyclic amines) is 1. The Morgan fingerprint density at radius 1 is 1.20 bits per heavy atom. The lowest BCUT2D eigenvalue weighted by molar-refractivity contribution is -0.145. The number of hydrogen-bond donors (Lipinski definition) is 3. The fourth-order valence-electron chi connectivity index (χ4n) is 3.12. The van der Waals surface area contributed by atoms with E-state index in [1.165, 1.54) is 0 Å². The van der Waals surface area contributed by atoms with E-state index in [4.69, 9.17) is 5.11 Å². The predicted octanol–water partition coefficient (Wildman–Crippen LogP) is 1.99. The maximum Gasteiger partial charge on any atom is 0.325 e. The summed E-state index contributed by atoms with van der Waals surface area (Å²) in [5.41, 5.74) is 2.78. The first-order valence-corrected chi connectivity index (χ1v) is 8.38. The molecule has 25 heavy (non-hydrogen) atoms. The van der Waals surface area contributed by atoms with Crippen molar-refractivity contribution in [3.05, 3.63) is 29.3 Å². The number of carbonyl (C=O) groups is 3. The monoisotopic (exact) mass is 347 g/mol. The van der Waals surface area contributed by atoms with Gasteiger partial charge < -0.3 is 10.4 Å². The normalized spacial score (nSPS) is 20.8. The van der Waals surface area contributed by atoms with Gasteiger partial charge in [-0.05, 0) is 49.4 Å². The highest BCUT2D eigenvalue weighted by molar-refractivity contribution is 6.01. The predicted molar refractivity (Wildman–Crippen MR) is 94.4 cm³/mol. The number of carboxylic acid groups (broad SMARTS) is 1. The van der Waals surface area contributed by atoms with E-state index < -0.39 is 23.8 Å². The van der Waals surface area contributed by atoms with Crippen LogP contribution in [0.3, 0.4) is 0 Å². The molecule has 3 amide bonds. The molecule has 2 rings (SSSR count). The van der Waals surface area contributed by atoms with Gasteiger partial charge in [-0.2, -0.15) is 0 Å². The van der Waals surface area contributed by atoms with E-state index >= 15 is 0 Å². The van der Waals surface area contributed by atoms with E-state index in [-0.39, 0.29) is 12.5 Å². The Kier molecular flexibility index (Phi) is 6.14. The SMILES string of the molecule is Cc1ccc(NC(=O)NC(=O)CN2CC(C)CC(C(=O)O)C2)cc1C. The molecule has 1 aliphatic heterocycles. The van der Waals surface area contributed by atoms with Gasteiger partial charge >= 0.3 is 12.0 Å². The zero-order valence-corrected chi connectivity index (χ0v) is 14.8.